The van der Waals surface area contributed by atoms with Crippen LogP contribution < -0.4 is 10.1 Å². The van der Waals surface area contributed by atoms with E-state index in [-0.39, 0.29) is 12.5 Å². The summed E-state index contributed by atoms with van der Waals surface area (Å²) in [6.45, 7) is 0.173. The Kier molecular flexibility index (Phi) is 6.56. The van der Waals surface area contributed by atoms with Crippen molar-refractivity contribution >= 4 is 39.9 Å². The standard InChI is InChI=1S/C21H19Cl2NO3/c22-15-8-9-20(18(23)12-15)27-13-21(26)24-11-10-19(25)17-7-3-5-14-4-1-2-6-16(14)17/h1-9,12,19,25H,10-11,13H2,(H,24,26). The van der Waals surface area contributed by atoms with Gasteiger partial charge >= 0.3 is 0 Å². The molecule has 0 saturated heterocycles. The van der Waals surface area contributed by atoms with Gasteiger partial charge in [-0.25, -0.2) is 0 Å². The molecule has 0 aliphatic rings. The number of benzene rings is 3. The number of hydrogen-bond acceptors (Lipinski definition) is 3. The second-order valence-corrected chi connectivity index (χ2v) is 6.93. The number of hydrogen-bond donors (Lipinski definition) is 2. The van der Waals surface area contributed by atoms with Gasteiger partial charge in [-0.2, -0.15) is 0 Å². The first kappa shape index (κ1) is 19.5. The summed E-state index contributed by atoms with van der Waals surface area (Å²) < 4.78 is 5.39. The monoisotopic (exact) mass is 403 g/mol. The first-order valence-corrected chi connectivity index (χ1v) is 9.30. The molecule has 0 aliphatic heterocycles. The quantitative estimate of drug-likeness (QED) is 0.597. The van der Waals surface area contributed by atoms with Gasteiger partial charge < -0.3 is 15.2 Å². The maximum atomic E-state index is 11.9. The van der Waals surface area contributed by atoms with Crippen LogP contribution in [0.3, 0.4) is 0 Å². The fourth-order valence-corrected chi connectivity index (χ4v) is 3.29. The second kappa shape index (κ2) is 9.09. The molecule has 1 amide bonds. The van der Waals surface area contributed by atoms with Crippen LogP contribution in [0.15, 0.2) is 60.7 Å². The van der Waals surface area contributed by atoms with Crippen molar-refractivity contribution in [3.05, 3.63) is 76.3 Å². The third kappa shape index (κ3) is 5.13. The van der Waals surface area contributed by atoms with Gasteiger partial charge in [0, 0.05) is 11.6 Å². The zero-order valence-corrected chi connectivity index (χ0v) is 16.0. The third-order valence-electron chi connectivity index (χ3n) is 4.17. The molecule has 1 atom stereocenters. The minimum Gasteiger partial charge on any atom is -0.482 e. The predicted octanol–water partition coefficient (Wildman–Crippen LogP) is 4.77. The van der Waals surface area contributed by atoms with Crippen LogP contribution >= 0.6 is 23.2 Å². The Labute approximate surface area is 167 Å². The molecular formula is C21H19Cl2NO3. The van der Waals surface area contributed by atoms with Crippen LogP contribution in [0.1, 0.15) is 18.1 Å². The molecular weight excluding hydrogens is 385 g/mol. The highest BCUT2D eigenvalue weighted by Gasteiger charge is 2.12. The Morgan fingerprint density at radius 1 is 1.07 bits per heavy atom. The Hall–Kier alpha value is -2.27. The van der Waals surface area contributed by atoms with Crippen LogP contribution in [-0.2, 0) is 4.79 Å². The minimum atomic E-state index is -0.664. The number of aliphatic hydroxyl groups is 1. The molecule has 0 aliphatic carbocycles. The predicted molar refractivity (Wildman–Crippen MR) is 108 cm³/mol. The number of amides is 1. The van der Waals surface area contributed by atoms with E-state index in [0.717, 1.165) is 16.3 Å². The summed E-state index contributed by atoms with van der Waals surface area (Å²) in [5.74, 6) is 0.109. The van der Waals surface area contributed by atoms with Crippen molar-refractivity contribution in [3.63, 3.8) is 0 Å². The van der Waals surface area contributed by atoms with Crippen molar-refractivity contribution in [2.75, 3.05) is 13.2 Å². The average Bonchev–Trinajstić information content (AvgIpc) is 2.66. The number of halogens is 2. The molecule has 3 rings (SSSR count). The van der Waals surface area contributed by atoms with E-state index in [9.17, 15) is 9.90 Å². The summed E-state index contributed by atoms with van der Waals surface area (Å²) >= 11 is 11.8. The fraction of sp³-hybridized carbons (Fsp3) is 0.190. The van der Waals surface area contributed by atoms with Crippen LogP contribution in [0.2, 0.25) is 10.0 Å². The molecule has 0 fully saturated rings. The molecule has 0 saturated carbocycles. The van der Waals surface area contributed by atoms with E-state index in [0.29, 0.717) is 28.8 Å². The maximum absolute atomic E-state index is 11.9. The molecule has 3 aromatic carbocycles. The van der Waals surface area contributed by atoms with E-state index in [4.69, 9.17) is 27.9 Å². The Bertz CT molecular complexity index is 940. The maximum Gasteiger partial charge on any atom is 0.257 e. The van der Waals surface area contributed by atoms with Crippen LogP contribution in [0.4, 0.5) is 0 Å². The van der Waals surface area contributed by atoms with Crippen LogP contribution in [0.5, 0.6) is 5.75 Å². The van der Waals surface area contributed by atoms with Crippen molar-refractivity contribution in [2.24, 2.45) is 0 Å². The van der Waals surface area contributed by atoms with Crippen molar-refractivity contribution in [2.45, 2.75) is 12.5 Å². The third-order valence-corrected chi connectivity index (χ3v) is 4.71. The first-order valence-electron chi connectivity index (χ1n) is 8.55. The first-order chi connectivity index (χ1) is 13.0. The van der Waals surface area contributed by atoms with Crippen LogP contribution in [0, 0.1) is 0 Å². The number of fused-ring (bicyclic) bond motifs is 1. The van der Waals surface area contributed by atoms with Crippen molar-refractivity contribution < 1.29 is 14.6 Å². The highest BCUT2D eigenvalue weighted by atomic mass is 35.5. The van der Waals surface area contributed by atoms with E-state index in [2.05, 4.69) is 5.32 Å². The number of aliphatic hydroxyl groups excluding tert-OH is 1. The van der Waals surface area contributed by atoms with Crippen molar-refractivity contribution in [3.8, 4) is 5.75 Å². The lowest BCUT2D eigenvalue weighted by atomic mass is 9.99. The zero-order valence-electron chi connectivity index (χ0n) is 14.5. The van der Waals surface area contributed by atoms with Gasteiger partial charge in [-0.1, -0.05) is 65.7 Å². The van der Waals surface area contributed by atoms with Gasteiger partial charge in [0.25, 0.3) is 5.91 Å². The molecule has 27 heavy (non-hydrogen) atoms. The zero-order chi connectivity index (χ0) is 19.2. The van der Waals surface area contributed by atoms with E-state index < -0.39 is 6.10 Å². The smallest absolute Gasteiger partial charge is 0.257 e. The molecule has 0 spiro atoms. The SMILES string of the molecule is O=C(COc1ccc(Cl)cc1Cl)NCCC(O)c1cccc2ccccc12. The molecule has 140 valence electrons. The van der Waals surface area contributed by atoms with Crippen LogP contribution in [0.25, 0.3) is 10.8 Å². The largest absolute Gasteiger partial charge is 0.482 e. The minimum absolute atomic E-state index is 0.161. The lowest BCUT2D eigenvalue weighted by molar-refractivity contribution is -0.123. The van der Waals surface area contributed by atoms with Gasteiger partial charge in [0.05, 0.1) is 11.1 Å². The lowest BCUT2D eigenvalue weighted by Crippen LogP contribution is -2.30. The number of rotatable bonds is 7. The molecule has 1 unspecified atom stereocenters. The number of ether oxygens (including phenoxy) is 1. The number of nitrogens with one attached hydrogen (secondary N) is 1. The summed E-state index contributed by atoms with van der Waals surface area (Å²) in [6, 6.07) is 18.5. The number of carbonyl (C=O) groups excluding carboxylic acids is 1. The lowest BCUT2D eigenvalue weighted by Gasteiger charge is -2.14. The highest BCUT2D eigenvalue weighted by molar-refractivity contribution is 6.35. The summed E-state index contributed by atoms with van der Waals surface area (Å²) in [5, 5.41) is 16.2. The van der Waals surface area contributed by atoms with Crippen LogP contribution in [-0.4, -0.2) is 24.2 Å². The van der Waals surface area contributed by atoms with Gasteiger partial charge in [0.15, 0.2) is 6.61 Å². The van der Waals surface area contributed by atoms with Gasteiger partial charge in [0.1, 0.15) is 5.75 Å². The Balaban J connectivity index is 1.49. The fourth-order valence-electron chi connectivity index (χ4n) is 2.83. The molecule has 0 heterocycles. The second-order valence-electron chi connectivity index (χ2n) is 6.09. The summed E-state index contributed by atoms with van der Waals surface area (Å²) in [6.07, 6.45) is -0.260. The molecule has 3 aromatic rings. The summed E-state index contributed by atoms with van der Waals surface area (Å²) in [5.41, 5.74) is 0.853. The Morgan fingerprint density at radius 2 is 1.85 bits per heavy atom. The van der Waals surface area contributed by atoms with Gasteiger partial charge in [-0.15, -0.1) is 0 Å². The van der Waals surface area contributed by atoms with Crippen molar-refractivity contribution in [1.82, 2.24) is 5.32 Å². The van der Waals surface area contributed by atoms with E-state index in [1.807, 2.05) is 42.5 Å². The Morgan fingerprint density at radius 3 is 2.67 bits per heavy atom. The molecule has 4 nitrogen and oxygen atoms in total. The summed E-state index contributed by atoms with van der Waals surface area (Å²) in [7, 11) is 0. The van der Waals surface area contributed by atoms with E-state index in [1.54, 1.807) is 18.2 Å². The number of carbonyl (C=O) groups is 1. The van der Waals surface area contributed by atoms with Gasteiger partial charge in [-0.05, 0) is 41.0 Å². The van der Waals surface area contributed by atoms with Gasteiger partial charge in [0.2, 0.25) is 0 Å². The van der Waals surface area contributed by atoms with Crippen molar-refractivity contribution in [1.29, 1.82) is 0 Å². The molecule has 0 radical (unpaired) electrons. The summed E-state index contributed by atoms with van der Waals surface area (Å²) in [4.78, 5) is 11.9. The molecule has 0 bridgehead atoms. The molecule has 2 N–H and O–H groups in total. The van der Waals surface area contributed by atoms with Gasteiger partial charge in [-0.3, -0.25) is 4.79 Å². The normalized spacial score (nSPS) is 12.0. The highest BCUT2D eigenvalue weighted by Crippen LogP contribution is 2.27. The molecule has 6 heteroatoms. The average molecular weight is 404 g/mol. The van der Waals surface area contributed by atoms with E-state index >= 15 is 0 Å². The topological polar surface area (TPSA) is 58.6 Å². The van der Waals surface area contributed by atoms with E-state index in [1.165, 1.54) is 0 Å². The molecule has 0 aromatic heterocycles.